The van der Waals surface area contributed by atoms with Gasteiger partial charge in [-0.15, -0.1) is 0 Å². The van der Waals surface area contributed by atoms with Gasteiger partial charge in [0, 0.05) is 6.42 Å². The van der Waals surface area contributed by atoms with Crippen LogP contribution in [0.25, 0.3) is 0 Å². The second kappa shape index (κ2) is 15.4. The van der Waals surface area contributed by atoms with Gasteiger partial charge in [0.1, 0.15) is 0 Å². The molecule has 0 radical (unpaired) electrons. The quantitative estimate of drug-likeness (QED) is 0.341. The Kier molecular flexibility index (Phi) is 16.7. The fraction of sp³-hybridized carbons (Fsp3) is 0.938. The highest BCUT2D eigenvalue weighted by molar-refractivity contribution is 8.01. The Balaban J connectivity index is 0. The molecular formula is C16H35NO4S. The van der Waals surface area contributed by atoms with Crippen molar-refractivity contribution in [2.75, 3.05) is 0 Å². The van der Waals surface area contributed by atoms with Crippen molar-refractivity contribution in [1.82, 2.24) is 6.15 Å². The molecule has 0 aliphatic rings. The first-order valence-corrected chi connectivity index (χ1v) is 9.92. The lowest BCUT2D eigenvalue weighted by Gasteiger charge is -2.02. The SMILES string of the molecule is CCCCCCCCCCCCCCCC(=O)S(=O)(=O)O.N. The lowest BCUT2D eigenvalue weighted by molar-refractivity contribution is -0.112. The highest BCUT2D eigenvalue weighted by Crippen LogP contribution is 2.13. The van der Waals surface area contributed by atoms with Crippen LogP contribution in [-0.2, 0) is 14.9 Å². The van der Waals surface area contributed by atoms with E-state index in [2.05, 4.69) is 6.92 Å². The number of unbranched alkanes of at least 4 members (excludes halogenated alkanes) is 12. The summed E-state index contributed by atoms with van der Waals surface area (Å²) in [5.41, 5.74) is 0. The van der Waals surface area contributed by atoms with Crippen LogP contribution in [0.5, 0.6) is 0 Å². The van der Waals surface area contributed by atoms with Gasteiger partial charge < -0.3 is 6.15 Å². The third-order valence-electron chi connectivity index (χ3n) is 3.77. The molecule has 0 atom stereocenters. The van der Waals surface area contributed by atoms with Gasteiger partial charge in [-0.3, -0.25) is 9.35 Å². The second-order valence-electron chi connectivity index (χ2n) is 5.84. The minimum atomic E-state index is -4.46. The highest BCUT2D eigenvalue weighted by Gasteiger charge is 2.16. The minimum absolute atomic E-state index is 0. The van der Waals surface area contributed by atoms with Crippen LogP contribution in [-0.4, -0.2) is 18.1 Å². The number of hydrogen-bond donors (Lipinski definition) is 2. The smallest absolute Gasteiger partial charge is 0.328 e. The summed E-state index contributed by atoms with van der Waals surface area (Å²) in [5.74, 6) is 0. The molecule has 5 nitrogen and oxygen atoms in total. The molecule has 134 valence electrons. The summed E-state index contributed by atoms with van der Waals surface area (Å²) in [5, 5.41) is -1.05. The van der Waals surface area contributed by atoms with E-state index in [0.29, 0.717) is 6.42 Å². The lowest BCUT2D eigenvalue weighted by Crippen LogP contribution is -2.12. The number of rotatable bonds is 14. The molecular weight excluding hydrogens is 302 g/mol. The second-order valence-corrected chi connectivity index (χ2v) is 7.25. The zero-order valence-corrected chi connectivity index (χ0v) is 15.0. The Morgan fingerprint density at radius 3 is 1.36 bits per heavy atom. The average Bonchev–Trinajstić information content (AvgIpc) is 2.42. The van der Waals surface area contributed by atoms with Gasteiger partial charge in [-0.2, -0.15) is 8.42 Å². The van der Waals surface area contributed by atoms with E-state index in [4.69, 9.17) is 4.55 Å². The van der Waals surface area contributed by atoms with E-state index in [1.165, 1.54) is 57.8 Å². The van der Waals surface area contributed by atoms with Crippen LogP contribution >= 0.6 is 0 Å². The van der Waals surface area contributed by atoms with Crippen LogP contribution in [0.15, 0.2) is 0 Å². The van der Waals surface area contributed by atoms with Gasteiger partial charge in [-0.1, -0.05) is 84.0 Å². The maximum atomic E-state index is 10.9. The molecule has 0 aromatic heterocycles. The highest BCUT2D eigenvalue weighted by atomic mass is 32.2. The molecule has 0 saturated carbocycles. The third kappa shape index (κ3) is 15.9. The van der Waals surface area contributed by atoms with E-state index in [0.717, 1.165) is 19.3 Å². The van der Waals surface area contributed by atoms with Crippen LogP contribution in [0, 0.1) is 0 Å². The molecule has 0 unspecified atom stereocenters. The summed E-state index contributed by atoms with van der Waals surface area (Å²) in [6.07, 6.45) is 15.5. The largest absolute Gasteiger partial charge is 0.344 e. The van der Waals surface area contributed by atoms with Crippen molar-refractivity contribution >= 4 is 15.2 Å². The Morgan fingerprint density at radius 2 is 1.05 bits per heavy atom. The van der Waals surface area contributed by atoms with Crippen LogP contribution < -0.4 is 6.15 Å². The zero-order valence-electron chi connectivity index (χ0n) is 14.2. The predicted octanol–water partition coefficient (Wildman–Crippen LogP) is 5.04. The molecule has 0 rings (SSSR count). The summed E-state index contributed by atoms with van der Waals surface area (Å²) in [4.78, 5) is 10.9. The van der Waals surface area contributed by atoms with Crippen LogP contribution in [0.3, 0.4) is 0 Å². The summed E-state index contributed by atoms with van der Waals surface area (Å²) >= 11 is 0. The normalized spacial score (nSPS) is 11.2. The molecule has 22 heavy (non-hydrogen) atoms. The summed E-state index contributed by atoms with van der Waals surface area (Å²) in [6, 6.07) is 0. The lowest BCUT2D eigenvalue weighted by atomic mass is 10.0. The minimum Gasteiger partial charge on any atom is -0.344 e. The van der Waals surface area contributed by atoms with Gasteiger partial charge in [0.05, 0.1) is 0 Å². The number of carbonyl (C=O) groups excluding carboxylic acids is 1. The molecule has 6 heteroatoms. The maximum absolute atomic E-state index is 10.9. The summed E-state index contributed by atoms with van der Waals surface area (Å²) < 4.78 is 29.5. The van der Waals surface area contributed by atoms with E-state index in [1.807, 2.05) is 0 Å². The Labute approximate surface area is 136 Å². The van der Waals surface area contributed by atoms with Crippen molar-refractivity contribution in [2.24, 2.45) is 0 Å². The van der Waals surface area contributed by atoms with E-state index in [1.54, 1.807) is 0 Å². The van der Waals surface area contributed by atoms with E-state index < -0.39 is 15.2 Å². The van der Waals surface area contributed by atoms with Crippen LogP contribution in [0.1, 0.15) is 96.8 Å². The van der Waals surface area contributed by atoms with Crippen molar-refractivity contribution < 1.29 is 17.8 Å². The van der Waals surface area contributed by atoms with E-state index in [-0.39, 0.29) is 12.6 Å². The molecule has 4 N–H and O–H groups in total. The third-order valence-corrected chi connectivity index (χ3v) is 4.55. The molecule has 0 aromatic rings. The maximum Gasteiger partial charge on any atom is 0.328 e. The molecule has 0 aliphatic heterocycles. The van der Waals surface area contributed by atoms with Crippen molar-refractivity contribution in [3.05, 3.63) is 0 Å². The predicted molar refractivity (Wildman–Crippen MR) is 91.9 cm³/mol. The number of hydrogen-bond acceptors (Lipinski definition) is 4. The van der Waals surface area contributed by atoms with Crippen molar-refractivity contribution in [1.29, 1.82) is 0 Å². The van der Waals surface area contributed by atoms with E-state index in [9.17, 15) is 13.2 Å². The van der Waals surface area contributed by atoms with Gasteiger partial charge in [0.25, 0.3) is 5.12 Å². The molecule has 0 aliphatic carbocycles. The first kappa shape index (κ1) is 23.8. The van der Waals surface area contributed by atoms with Crippen LogP contribution in [0.2, 0.25) is 0 Å². The van der Waals surface area contributed by atoms with Gasteiger partial charge in [0.2, 0.25) is 0 Å². The fourth-order valence-electron chi connectivity index (χ4n) is 2.42. The molecule has 0 amide bonds. The van der Waals surface area contributed by atoms with Crippen molar-refractivity contribution in [3.8, 4) is 0 Å². The van der Waals surface area contributed by atoms with Gasteiger partial charge in [-0.25, -0.2) is 0 Å². The Morgan fingerprint density at radius 1 is 0.727 bits per heavy atom. The van der Waals surface area contributed by atoms with Gasteiger partial charge >= 0.3 is 10.1 Å². The van der Waals surface area contributed by atoms with Crippen molar-refractivity contribution in [3.63, 3.8) is 0 Å². The fourth-order valence-corrected chi connectivity index (χ4v) is 2.82. The molecule has 0 aromatic carbocycles. The van der Waals surface area contributed by atoms with Crippen molar-refractivity contribution in [2.45, 2.75) is 96.8 Å². The average molecular weight is 338 g/mol. The molecule has 0 spiro atoms. The molecule has 0 fully saturated rings. The number of carbonyl (C=O) groups is 1. The van der Waals surface area contributed by atoms with Crippen LogP contribution in [0.4, 0.5) is 0 Å². The summed E-state index contributed by atoms with van der Waals surface area (Å²) in [7, 11) is -4.46. The Bertz CT molecular complexity index is 355. The first-order valence-electron chi connectivity index (χ1n) is 8.48. The molecule has 0 bridgehead atoms. The van der Waals surface area contributed by atoms with E-state index >= 15 is 0 Å². The monoisotopic (exact) mass is 337 g/mol. The molecule has 0 saturated heterocycles. The van der Waals surface area contributed by atoms with Gasteiger partial charge in [-0.05, 0) is 6.42 Å². The topological polar surface area (TPSA) is 106 Å². The standard InChI is InChI=1S/C16H32O4S.H3N/c1-2-3-4-5-6-7-8-9-10-11-12-13-14-15-16(17)21(18,19)20;/h2-15H2,1H3,(H,18,19,20);1H3. The first-order chi connectivity index (χ1) is 9.98. The zero-order chi connectivity index (χ0) is 16.0. The van der Waals surface area contributed by atoms with Gasteiger partial charge in [0.15, 0.2) is 0 Å². The molecule has 0 heterocycles. The Hall–Kier alpha value is -0.460. The summed E-state index contributed by atoms with van der Waals surface area (Å²) in [6.45, 7) is 2.23.